The van der Waals surface area contributed by atoms with Gasteiger partial charge in [0.1, 0.15) is 5.15 Å². The van der Waals surface area contributed by atoms with Crippen LogP contribution in [-0.2, 0) is 16.0 Å². The van der Waals surface area contributed by atoms with Crippen LogP contribution in [-0.4, -0.2) is 18.1 Å². The highest BCUT2D eigenvalue weighted by atomic mass is 79.9. The molecule has 0 spiro atoms. The average Bonchev–Trinajstić information content (AvgIpc) is 2.22. The number of carbonyl (C=O) groups excluding carboxylic acids is 1. The Morgan fingerprint density at radius 3 is 2.81 bits per heavy atom. The molecule has 1 heterocycles. The Labute approximate surface area is 104 Å². The fraction of sp³-hybridized carbons (Fsp3) is 0.333. The van der Waals surface area contributed by atoms with Crippen LogP contribution >= 0.6 is 27.5 Å². The smallest absolute Gasteiger partial charge is 0.311 e. The first-order valence-corrected chi connectivity index (χ1v) is 5.32. The fourth-order valence-electron chi connectivity index (χ4n) is 1.00. The molecule has 88 valence electrons. The number of hydrogen-bond donors (Lipinski definition) is 0. The molecular weight excluding hydrogens is 307 g/mol. The van der Waals surface area contributed by atoms with Gasteiger partial charge in [-0.15, -0.1) is 0 Å². The van der Waals surface area contributed by atoms with Crippen LogP contribution in [0.1, 0.15) is 17.7 Å². The third-order valence-corrected chi connectivity index (χ3v) is 2.79. The van der Waals surface area contributed by atoms with Gasteiger partial charge in [0.2, 0.25) is 0 Å². The van der Waals surface area contributed by atoms with E-state index >= 15 is 0 Å². The van der Waals surface area contributed by atoms with Crippen molar-refractivity contribution in [1.29, 1.82) is 0 Å². The third kappa shape index (κ3) is 3.12. The van der Waals surface area contributed by atoms with Crippen LogP contribution in [0, 0.1) is 0 Å². The normalized spacial score (nSPS) is 10.6. The summed E-state index contributed by atoms with van der Waals surface area (Å²) in [5, 5.41) is -0.308. The first kappa shape index (κ1) is 13.3. The van der Waals surface area contributed by atoms with Crippen molar-refractivity contribution in [3.05, 3.63) is 26.9 Å². The van der Waals surface area contributed by atoms with Crippen LogP contribution in [0.4, 0.5) is 8.78 Å². The van der Waals surface area contributed by atoms with Gasteiger partial charge in [0, 0.05) is 4.47 Å². The van der Waals surface area contributed by atoms with Crippen molar-refractivity contribution in [2.45, 2.75) is 12.8 Å². The molecule has 0 amide bonds. The number of carbonyl (C=O) groups is 1. The van der Waals surface area contributed by atoms with Crippen molar-refractivity contribution >= 4 is 33.5 Å². The zero-order valence-electron chi connectivity index (χ0n) is 8.14. The van der Waals surface area contributed by atoms with E-state index in [0.29, 0.717) is 4.47 Å². The Morgan fingerprint density at radius 2 is 2.31 bits per heavy atom. The quantitative estimate of drug-likeness (QED) is 0.635. The molecule has 0 unspecified atom stereocenters. The molecule has 1 aromatic heterocycles. The maximum absolute atomic E-state index is 12.4. The summed E-state index contributed by atoms with van der Waals surface area (Å²) in [4.78, 5) is 14.7. The monoisotopic (exact) mass is 313 g/mol. The van der Waals surface area contributed by atoms with Gasteiger partial charge in [0.05, 0.1) is 24.8 Å². The summed E-state index contributed by atoms with van der Waals surface area (Å²) < 4.78 is 29.6. The molecule has 16 heavy (non-hydrogen) atoms. The van der Waals surface area contributed by atoms with E-state index in [1.165, 1.54) is 7.11 Å². The number of aromatic nitrogens is 1. The molecule has 0 saturated carbocycles. The van der Waals surface area contributed by atoms with E-state index in [9.17, 15) is 13.6 Å². The SMILES string of the molecule is COC(=O)Cc1nc(Cl)c(C(F)F)cc1Br. The van der Waals surface area contributed by atoms with Crippen molar-refractivity contribution in [1.82, 2.24) is 4.98 Å². The van der Waals surface area contributed by atoms with Gasteiger partial charge in [-0.1, -0.05) is 11.6 Å². The van der Waals surface area contributed by atoms with Crippen LogP contribution in [0.5, 0.6) is 0 Å². The molecule has 0 aliphatic heterocycles. The van der Waals surface area contributed by atoms with Crippen LogP contribution in [0.2, 0.25) is 5.15 Å². The zero-order chi connectivity index (χ0) is 12.3. The highest BCUT2D eigenvalue weighted by Crippen LogP contribution is 2.30. The molecule has 1 aromatic rings. The van der Waals surface area contributed by atoms with Crippen molar-refractivity contribution in [2.24, 2.45) is 0 Å². The molecule has 0 N–H and O–H groups in total. The summed E-state index contributed by atoms with van der Waals surface area (Å²) >= 11 is 8.60. The van der Waals surface area contributed by atoms with Gasteiger partial charge in [0.25, 0.3) is 6.43 Å². The number of esters is 1. The second-order valence-corrected chi connectivity index (χ2v) is 4.06. The lowest BCUT2D eigenvalue weighted by molar-refractivity contribution is -0.139. The molecule has 0 aromatic carbocycles. The highest BCUT2D eigenvalue weighted by molar-refractivity contribution is 9.10. The summed E-state index contributed by atoms with van der Waals surface area (Å²) in [7, 11) is 1.23. The molecule has 0 aliphatic rings. The summed E-state index contributed by atoms with van der Waals surface area (Å²) in [5.74, 6) is -0.519. The van der Waals surface area contributed by atoms with Crippen LogP contribution in [0.3, 0.4) is 0 Å². The molecule has 3 nitrogen and oxygen atoms in total. The molecule has 0 radical (unpaired) electrons. The van der Waals surface area contributed by atoms with E-state index in [0.717, 1.165) is 6.07 Å². The van der Waals surface area contributed by atoms with Gasteiger partial charge in [0.15, 0.2) is 0 Å². The molecule has 0 bridgehead atoms. The van der Waals surface area contributed by atoms with E-state index in [2.05, 4.69) is 25.7 Å². The lowest BCUT2D eigenvalue weighted by Gasteiger charge is -2.07. The van der Waals surface area contributed by atoms with E-state index in [-0.39, 0.29) is 22.8 Å². The van der Waals surface area contributed by atoms with Gasteiger partial charge in [-0.2, -0.15) is 0 Å². The number of alkyl halides is 2. The number of halogens is 4. The Kier molecular flexibility index (Phi) is 4.61. The summed E-state index contributed by atoms with van der Waals surface area (Å²) in [6, 6.07) is 1.15. The standard InChI is InChI=1S/C9H7BrClF2NO2/c1-16-7(15)3-6-5(10)2-4(9(12)13)8(11)14-6/h2,9H,3H2,1H3. The van der Waals surface area contributed by atoms with Crippen LogP contribution in [0.25, 0.3) is 0 Å². The second kappa shape index (κ2) is 5.54. The second-order valence-electron chi connectivity index (χ2n) is 2.85. The average molecular weight is 315 g/mol. The van der Waals surface area contributed by atoms with Gasteiger partial charge < -0.3 is 4.74 Å². The van der Waals surface area contributed by atoms with Crippen LogP contribution < -0.4 is 0 Å². The minimum atomic E-state index is -2.71. The third-order valence-electron chi connectivity index (χ3n) is 1.80. The summed E-state index contributed by atoms with van der Waals surface area (Å²) in [5.41, 5.74) is -0.108. The van der Waals surface area contributed by atoms with Gasteiger partial charge in [-0.25, -0.2) is 13.8 Å². The topological polar surface area (TPSA) is 39.2 Å². The Hall–Kier alpha value is -0.750. The van der Waals surface area contributed by atoms with Gasteiger partial charge in [-0.3, -0.25) is 4.79 Å². The number of hydrogen-bond acceptors (Lipinski definition) is 3. The predicted molar refractivity (Wildman–Crippen MR) is 57.6 cm³/mol. The lowest BCUT2D eigenvalue weighted by atomic mass is 10.2. The number of methoxy groups -OCH3 is 1. The molecule has 0 saturated heterocycles. The first-order valence-electron chi connectivity index (χ1n) is 4.15. The van der Waals surface area contributed by atoms with Crippen molar-refractivity contribution in [3.8, 4) is 0 Å². The maximum Gasteiger partial charge on any atom is 0.311 e. The highest BCUT2D eigenvalue weighted by Gasteiger charge is 2.17. The lowest BCUT2D eigenvalue weighted by Crippen LogP contribution is -2.07. The number of ether oxygens (including phenoxy) is 1. The first-order chi connectivity index (χ1) is 7.45. The van der Waals surface area contributed by atoms with Gasteiger partial charge in [-0.05, 0) is 22.0 Å². The minimum absolute atomic E-state index is 0.125. The van der Waals surface area contributed by atoms with E-state index in [1.54, 1.807) is 0 Å². The number of rotatable bonds is 3. The van der Waals surface area contributed by atoms with Crippen LogP contribution in [0.15, 0.2) is 10.5 Å². The molecule has 0 aliphatic carbocycles. The maximum atomic E-state index is 12.4. The minimum Gasteiger partial charge on any atom is -0.469 e. The van der Waals surface area contributed by atoms with E-state index in [1.807, 2.05) is 0 Å². The van der Waals surface area contributed by atoms with E-state index in [4.69, 9.17) is 11.6 Å². The molecule has 0 fully saturated rings. The molecule has 0 atom stereocenters. The Bertz CT molecular complexity index is 415. The zero-order valence-corrected chi connectivity index (χ0v) is 10.5. The van der Waals surface area contributed by atoms with Crippen molar-refractivity contribution in [3.63, 3.8) is 0 Å². The van der Waals surface area contributed by atoms with E-state index < -0.39 is 12.4 Å². The predicted octanol–water partition coefficient (Wildman–Crippen LogP) is 3.15. The fourth-order valence-corrected chi connectivity index (χ4v) is 1.72. The summed E-state index contributed by atoms with van der Waals surface area (Å²) in [6.45, 7) is 0. The largest absolute Gasteiger partial charge is 0.469 e. The number of nitrogens with zero attached hydrogens (tertiary/aromatic N) is 1. The molecule has 7 heteroatoms. The van der Waals surface area contributed by atoms with Gasteiger partial charge >= 0.3 is 5.97 Å². The Morgan fingerprint density at radius 1 is 1.69 bits per heavy atom. The Balaban J connectivity index is 3.05. The molecule has 1 rings (SSSR count). The van der Waals surface area contributed by atoms with Crippen molar-refractivity contribution in [2.75, 3.05) is 7.11 Å². The summed E-state index contributed by atoms with van der Waals surface area (Å²) in [6.07, 6.45) is -2.83. The number of pyridine rings is 1. The van der Waals surface area contributed by atoms with Crippen molar-refractivity contribution < 1.29 is 18.3 Å². The molecular formula is C9H7BrClF2NO2.